The van der Waals surface area contributed by atoms with E-state index in [0.29, 0.717) is 24.3 Å². The van der Waals surface area contributed by atoms with Crippen molar-refractivity contribution in [1.29, 1.82) is 0 Å². The quantitative estimate of drug-likeness (QED) is 0.325. The Hall–Kier alpha value is -3.99. The van der Waals surface area contributed by atoms with E-state index in [4.69, 9.17) is 4.74 Å². The molecule has 0 saturated carbocycles. The van der Waals surface area contributed by atoms with Gasteiger partial charge in [-0.3, -0.25) is 13.9 Å². The van der Waals surface area contributed by atoms with Crippen molar-refractivity contribution in [2.75, 3.05) is 24.5 Å². The summed E-state index contributed by atoms with van der Waals surface area (Å²) in [4.78, 5) is 28.1. The Kier molecular flexibility index (Phi) is 10.6. The summed E-state index contributed by atoms with van der Waals surface area (Å²) in [6.07, 6.45) is 0.941. The van der Waals surface area contributed by atoms with Crippen LogP contribution in [-0.2, 0) is 26.2 Å². The molecule has 214 valence electrons. The lowest BCUT2D eigenvalue weighted by atomic mass is 10.1. The Morgan fingerprint density at radius 2 is 1.48 bits per heavy atom. The fourth-order valence-corrected chi connectivity index (χ4v) is 5.50. The number of benzene rings is 3. The van der Waals surface area contributed by atoms with E-state index in [1.165, 1.54) is 72.7 Å². The molecule has 11 heteroatoms. The van der Waals surface area contributed by atoms with E-state index in [2.05, 4.69) is 5.32 Å². The number of amides is 2. The maximum absolute atomic E-state index is 13.9. The number of methoxy groups -OCH3 is 1. The van der Waals surface area contributed by atoms with E-state index < -0.39 is 40.2 Å². The molecule has 3 aromatic rings. The average Bonchev–Trinajstić information content (AvgIpc) is 2.96. The SMILES string of the molecule is CCCNC(=O)C(CC)N(Cc1ccc(F)cc1)C(=O)CN(c1ccc(F)cc1)S(=O)(=O)c1ccc(OC)cc1. The van der Waals surface area contributed by atoms with Gasteiger partial charge in [-0.1, -0.05) is 26.0 Å². The first kappa shape index (κ1) is 30.6. The van der Waals surface area contributed by atoms with Crippen molar-refractivity contribution in [2.45, 2.75) is 44.2 Å². The molecular weight excluding hydrogens is 540 g/mol. The zero-order valence-corrected chi connectivity index (χ0v) is 23.5. The fraction of sp³-hybridized carbons (Fsp3) is 0.310. The number of hydrogen-bond donors (Lipinski definition) is 1. The van der Waals surface area contributed by atoms with Gasteiger partial charge < -0.3 is 15.0 Å². The van der Waals surface area contributed by atoms with E-state index in [-0.39, 0.29) is 29.5 Å². The molecule has 0 aliphatic carbocycles. The molecule has 0 spiro atoms. The standard InChI is InChI=1S/C29H33F2N3O5S/c1-4-18-32-29(36)27(5-2)33(19-21-6-8-22(30)9-7-21)28(35)20-34(24-12-10-23(31)11-13-24)40(37,38)26-16-14-25(39-3)15-17-26/h6-17,27H,4-5,18-20H2,1-3H3,(H,32,36). The van der Waals surface area contributed by atoms with Crippen LogP contribution < -0.4 is 14.4 Å². The van der Waals surface area contributed by atoms with Crippen LogP contribution in [0, 0.1) is 11.6 Å². The second-order valence-electron chi connectivity index (χ2n) is 9.03. The van der Waals surface area contributed by atoms with E-state index in [9.17, 15) is 26.8 Å². The van der Waals surface area contributed by atoms with Crippen molar-refractivity contribution in [3.05, 3.63) is 90.0 Å². The molecular formula is C29H33F2N3O5S. The van der Waals surface area contributed by atoms with Crippen LogP contribution in [0.5, 0.6) is 5.75 Å². The summed E-state index contributed by atoms with van der Waals surface area (Å²) in [5.41, 5.74) is 0.624. The van der Waals surface area contributed by atoms with Crippen molar-refractivity contribution in [1.82, 2.24) is 10.2 Å². The predicted octanol–water partition coefficient (Wildman–Crippen LogP) is 4.50. The molecule has 0 aliphatic heterocycles. The Morgan fingerprint density at radius 3 is 2.00 bits per heavy atom. The van der Waals surface area contributed by atoms with E-state index >= 15 is 0 Å². The van der Waals surface area contributed by atoms with Gasteiger partial charge in [0.05, 0.1) is 17.7 Å². The second kappa shape index (κ2) is 13.9. The molecule has 40 heavy (non-hydrogen) atoms. The summed E-state index contributed by atoms with van der Waals surface area (Å²) in [5.74, 6) is -1.64. The topological polar surface area (TPSA) is 96.0 Å². The Balaban J connectivity index is 2.04. The fourth-order valence-electron chi connectivity index (χ4n) is 4.08. The highest BCUT2D eigenvalue weighted by Gasteiger charge is 2.33. The van der Waals surface area contributed by atoms with Gasteiger partial charge in [-0.2, -0.15) is 0 Å². The third-order valence-electron chi connectivity index (χ3n) is 6.24. The summed E-state index contributed by atoms with van der Waals surface area (Å²) in [6.45, 7) is 3.32. The van der Waals surface area contributed by atoms with Gasteiger partial charge in [-0.15, -0.1) is 0 Å². The third-order valence-corrected chi connectivity index (χ3v) is 8.03. The molecule has 8 nitrogen and oxygen atoms in total. The maximum atomic E-state index is 13.9. The molecule has 0 radical (unpaired) electrons. The minimum absolute atomic E-state index is 0.0585. The molecule has 0 fully saturated rings. The molecule has 1 N–H and O–H groups in total. The van der Waals surface area contributed by atoms with Crippen LogP contribution >= 0.6 is 0 Å². The van der Waals surface area contributed by atoms with Crippen LogP contribution in [0.15, 0.2) is 77.7 Å². The molecule has 0 aliphatic rings. The number of sulfonamides is 1. The van der Waals surface area contributed by atoms with Crippen LogP contribution in [0.1, 0.15) is 32.3 Å². The van der Waals surface area contributed by atoms with Crippen LogP contribution in [-0.4, -0.2) is 51.4 Å². The monoisotopic (exact) mass is 573 g/mol. The summed E-state index contributed by atoms with van der Waals surface area (Å²) in [6, 6.07) is 14.9. The van der Waals surface area contributed by atoms with Gasteiger partial charge in [0, 0.05) is 13.1 Å². The van der Waals surface area contributed by atoms with Crippen molar-refractivity contribution >= 4 is 27.5 Å². The van der Waals surface area contributed by atoms with Crippen LogP contribution in [0.3, 0.4) is 0 Å². The lowest BCUT2D eigenvalue weighted by molar-refractivity contribution is -0.140. The first-order valence-corrected chi connectivity index (χ1v) is 14.3. The highest BCUT2D eigenvalue weighted by atomic mass is 32.2. The second-order valence-corrected chi connectivity index (χ2v) is 10.9. The van der Waals surface area contributed by atoms with Gasteiger partial charge in [0.2, 0.25) is 11.8 Å². The zero-order chi connectivity index (χ0) is 29.3. The number of halogens is 2. The minimum atomic E-state index is -4.31. The molecule has 1 atom stereocenters. The molecule has 3 aromatic carbocycles. The van der Waals surface area contributed by atoms with Crippen molar-refractivity contribution in [3.8, 4) is 5.75 Å². The number of carbonyl (C=O) groups is 2. The molecule has 0 saturated heterocycles. The normalized spacial score (nSPS) is 11.9. The molecule has 3 rings (SSSR count). The molecule has 1 unspecified atom stereocenters. The molecule has 2 amide bonds. The van der Waals surface area contributed by atoms with Gasteiger partial charge in [0.15, 0.2) is 0 Å². The van der Waals surface area contributed by atoms with Gasteiger partial charge in [-0.25, -0.2) is 17.2 Å². The van der Waals surface area contributed by atoms with Crippen LogP contribution in [0.25, 0.3) is 0 Å². The summed E-state index contributed by atoms with van der Waals surface area (Å²) in [7, 11) is -2.86. The number of anilines is 1. The van der Waals surface area contributed by atoms with E-state index in [1.807, 2.05) is 6.92 Å². The predicted molar refractivity (Wildman–Crippen MR) is 148 cm³/mol. The largest absolute Gasteiger partial charge is 0.497 e. The first-order chi connectivity index (χ1) is 19.1. The minimum Gasteiger partial charge on any atom is -0.497 e. The highest BCUT2D eigenvalue weighted by molar-refractivity contribution is 7.92. The number of carbonyl (C=O) groups excluding carboxylic acids is 2. The molecule has 0 aromatic heterocycles. The summed E-state index contributed by atoms with van der Waals surface area (Å²) >= 11 is 0. The van der Waals surface area contributed by atoms with Gasteiger partial charge in [-0.05, 0) is 79.1 Å². The van der Waals surface area contributed by atoms with E-state index in [0.717, 1.165) is 16.4 Å². The van der Waals surface area contributed by atoms with Crippen molar-refractivity contribution in [3.63, 3.8) is 0 Å². The lowest BCUT2D eigenvalue weighted by Gasteiger charge is -2.33. The molecule has 0 bridgehead atoms. The number of nitrogens with one attached hydrogen (secondary N) is 1. The Morgan fingerprint density at radius 1 is 0.900 bits per heavy atom. The van der Waals surface area contributed by atoms with Crippen molar-refractivity contribution < 1.29 is 31.5 Å². The summed E-state index contributed by atoms with van der Waals surface area (Å²) < 4.78 is 60.8. The van der Waals surface area contributed by atoms with Gasteiger partial charge in [0.1, 0.15) is 30.0 Å². The van der Waals surface area contributed by atoms with Crippen LogP contribution in [0.4, 0.5) is 14.5 Å². The average molecular weight is 574 g/mol. The zero-order valence-electron chi connectivity index (χ0n) is 22.6. The summed E-state index contributed by atoms with van der Waals surface area (Å²) in [5, 5.41) is 2.79. The first-order valence-electron chi connectivity index (χ1n) is 12.8. The van der Waals surface area contributed by atoms with Gasteiger partial charge in [0.25, 0.3) is 10.0 Å². The van der Waals surface area contributed by atoms with Gasteiger partial charge >= 0.3 is 0 Å². The maximum Gasteiger partial charge on any atom is 0.264 e. The Bertz CT molecular complexity index is 1380. The number of hydrogen-bond acceptors (Lipinski definition) is 5. The van der Waals surface area contributed by atoms with Crippen LogP contribution in [0.2, 0.25) is 0 Å². The van der Waals surface area contributed by atoms with E-state index in [1.54, 1.807) is 6.92 Å². The lowest BCUT2D eigenvalue weighted by Crippen LogP contribution is -2.52. The number of nitrogens with zero attached hydrogens (tertiary/aromatic N) is 2. The Labute approximate surface area is 233 Å². The van der Waals surface area contributed by atoms with Crippen molar-refractivity contribution in [2.24, 2.45) is 0 Å². The number of rotatable bonds is 13. The molecule has 0 heterocycles. The number of ether oxygens (including phenoxy) is 1. The highest BCUT2D eigenvalue weighted by Crippen LogP contribution is 2.26. The third kappa shape index (κ3) is 7.56. The smallest absolute Gasteiger partial charge is 0.264 e.